The van der Waals surface area contributed by atoms with Gasteiger partial charge in [-0.2, -0.15) is 10.5 Å². The predicted molar refractivity (Wildman–Crippen MR) is 131 cm³/mol. The van der Waals surface area contributed by atoms with E-state index in [0.29, 0.717) is 22.3 Å². The van der Waals surface area contributed by atoms with Crippen LogP contribution in [0.4, 0.5) is 5.69 Å². The van der Waals surface area contributed by atoms with Crippen LogP contribution in [0.1, 0.15) is 86.2 Å². The molecule has 0 aliphatic heterocycles. The zero-order valence-electron chi connectivity index (χ0n) is 18.6. The van der Waals surface area contributed by atoms with Gasteiger partial charge in [-0.05, 0) is 58.7 Å². The summed E-state index contributed by atoms with van der Waals surface area (Å²) in [6.07, 6.45) is 11.5. The zero-order valence-corrected chi connectivity index (χ0v) is 20.2. The minimum atomic E-state index is -0.301. The molecule has 6 heteroatoms. The van der Waals surface area contributed by atoms with E-state index < -0.39 is 0 Å². The molecular formula is C26H30BrN3O2. The van der Waals surface area contributed by atoms with Crippen LogP contribution in [0.3, 0.4) is 0 Å². The summed E-state index contributed by atoms with van der Waals surface area (Å²) < 4.78 is 6.33. The second kappa shape index (κ2) is 14.3. The summed E-state index contributed by atoms with van der Waals surface area (Å²) in [7, 11) is 0. The Hall–Kier alpha value is -2.83. The smallest absolute Gasteiger partial charge is 0.255 e. The van der Waals surface area contributed by atoms with Crippen molar-refractivity contribution < 1.29 is 9.53 Å². The summed E-state index contributed by atoms with van der Waals surface area (Å²) in [5, 5.41) is 21.0. The first-order valence-electron chi connectivity index (χ1n) is 11.3. The molecule has 0 aromatic heterocycles. The Bertz CT molecular complexity index is 959. The molecule has 0 atom stereocenters. The molecule has 0 saturated heterocycles. The van der Waals surface area contributed by atoms with Gasteiger partial charge in [0.05, 0.1) is 23.4 Å². The Morgan fingerprint density at radius 1 is 0.906 bits per heavy atom. The first-order chi connectivity index (χ1) is 15.6. The summed E-state index contributed by atoms with van der Waals surface area (Å²) in [5.41, 5.74) is 1.39. The lowest BCUT2D eigenvalue weighted by molar-refractivity contribution is 0.102. The van der Waals surface area contributed by atoms with Crippen LogP contribution < -0.4 is 10.1 Å². The van der Waals surface area contributed by atoms with Gasteiger partial charge in [-0.3, -0.25) is 4.79 Å². The molecule has 2 aromatic carbocycles. The van der Waals surface area contributed by atoms with E-state index >= 15 is 0 Å². The largest absolute Gasteiger partial charge is 0.494 e. The number of ether oxygens (including phenoxy) is 1. The van der Waals surface area contributed by atoms with Crippen molar-refractivity contribution in [1.29, 1.82) is 10.5 Å². The first-order valence-corrected chi connectivity index (χ1v) is 12.1. The number of hydrogen-bond donors (Lipinski definition) is 1. The van der Waals surface area contributed by atoms with Gasteiger partial charge in [-0.25, -0.2) is 0 Å². The number of halogens is 1. The Balaban J connectivity index is 1.75. The quantitative estimate of drug-likeness (QED) is 0.294. The number of amides is 1. The van der Waals surface area contributed by atoms with Gasteiger partial charge in [0.15, 0.2) is 0 Å². The van der Waals surface area contributed by atoms with Crippen LogP contribution in [-0.2, 0) is 0 Å². The lowest BCUT2D eigenvalue weighted by atomic mass is 10.1. The molecule has 5 nitrogen and oxygen atoms in total. The second-order valence-corrected chi connectivity index (χ2v) is 8.61. The van der Waals surface area contributed by atoms with Gasteiger partial charge in [-0.15, -0.1) is 0 Å². The average molecular weight is 496 g/mol. The minimum absolute atomic E-state index is 0.214. The number of unbranched alkanes of at least 4 members (excludes halogenated alkanes) is 8. The lowest BCUT2D eigenvalue weighted by Crippen LogP contribution is -2.12. The molecule has 32 heavy (non-hydrogen) atoms. The third-order valence-corrected chi connectivity index (χ3v) is 5.89. The molecule has 0 aliphatic carbocycles. The Kier molecular flexibility index (Phi) is 11.3. The third kappa shape index (κ3) is 8.36. The van der Waals surface area contributed by atoms with Gasteiger partial charge in [-0.1, -0.05) is 58.3 Å². The minimum Gasteiger partial charge on any atom is -0.494 e. The van der Waals surface area contributed by atoms with E-state index in [1.165, 1.54) is 63.5 Å². The number of carbonyl (C=O) groups is 1. The molecule has 168 valence electrons. The Labute approximate surface area is 199 Å². The predicted octanol–water partition coefficient (Wildman–Crippen LogP) is 7.35. The van der Waals surface area contributed by atoms with E-state index in [4.69, 9.17) is 10.00 Å². The van der Waals surface area contributed by atoms with Gasteiger partial charge in [0, 0.05) is 10.0 Å². The fraction of sp³-hybridized carbons (Fsp3) is 0.423. The van der Waals surface area contributed by atoms with Gasteiger partial charge in [0.2, 0.25) is 0 Å². The fourth-order valence-electron chi connectivity index (χ4n) is 3.35. The molecule has 1 amide bonds. The van der Waals surface area contributed by atoms with Crippen molar-refractivity contribution in [3.8, 4) is 17.9 Å². The van der Waals surface area contributed by atoms with Crippen LogP contribution in [0.2, 0.25) is 0 Å². The number of nitrogens with one attached hydrogen (secondary N) is 1. The van der Waals surface area contributed by atoms with E-state index in [2.05, 4.69) is 28.2 Å². The topological polar surface area (TPSA) is 85.9 Å². The van der Waals surface area contributed by atoms with Crippen molar-refractivity contribution in [1.82, 2.24) is 0 Å². The number of rotatable bonds is 13. The van der Waals surface area contributed by atoms with Crippen molar-refractivity contribution in [2.75, 3.05) is 11.9 Å². The molecule has 0 fully saturated rings. The van der Waals surface area contributed by atoms with Crippen molar-refractivity contribution in [2.45, 2.75) is 64.7 Å². The molecule has 1 N–H and O–H groups in total. The molecule has 0 spiro atoms. The van der Waals surface area contributed by atoms with Crippen LogP contribution >= 0.6 is 15.9 Å². The monoisotopic (exact) mass is 495 g/mol. The molecule has 0 unspecified atom stereocenters. The van der Waals surface area contributed by atoms with E-state index in [0.717, 1.165) is 12.2 Å². The highest BCUT2D eigenvalue weighted by Crippen LogP contribution is 2.27. The maximum atomic E-state index is 12.6. The summed E-state index contributed by atoms with van der Waals surface area (Å²) in [6, 6.07) is 14.0. The summed E-state index contributed by atoms with van der Waals surface area (Å²) in [5.74, 6) is 0.442. The highest BCUT2D eigenvalue weighted by Gasteiger charge is 2.12. The van der Waals surface area contributed by atoms with Gasteiger partial charge in [0.1, 0.15) is 17.9 Å². The van der Waals surface area contributed by atoms with Crippen LogP contribution in [0.25, 0.3) is 0 Å². The molecule has 0 bridgehead atoms. The van der Waals surface area contributed by atoms with Crippen molar-refractivity contribution in [2.24, 2.45) is 0 Å². The number of benzene rings is 2. The van der Waals surface area contributed by atoms with Crippen molar-refractivity contribution in [3.05, 3.63) is 57.6 Å². The maximum absolute atomic E-state index is 12.6. The van der Waals surface area contributed by atoms with E-state index in [9.17, 15) is 10.1 Å². The third-order valence-electron chi connectivity index (χ3n) is 5.23. The van der Waals surface area contributed by atoms with Gasteiger partial charge < -0.3 is 10.1 Å². The standard InChI is InChI=1S/C26H30BrN3O2/c1-2-3-4-5-6-7-8-9-10-15-32-23-13-11-20(12-14-23)26(31)30-25-17-22(19-29)21(18-28)16-24(25)27/h11-14,16-17H,2-10,15H2,1H3,(H,30,31). The summed E-state index contributed by atoms with van der Waals surface area (Å²) in [4.78, 5) is 12.6. The molecule has 0 aliphatic rings. The van der Waals surface area contributed by atoms with Gasteiger partial charge in [0.25, 0.3) is 5.91 Å². The maximum Gasteiger partial charge on any atom is 0.255 e. The van der Waals surface area contributed by atoms with E-state index in [1.807, 2.05) is 12.1 Å². The number of nitriles is 2. The molecule has 0 radical (unpaired) electrons. The Morgan fingerprint density at radius 3 is 2.06 bits per heavy atom. The van der Waals surface area contributed by atoms with Crippen LogP contribution in [0.15, 0.2) is 40.9 Å². The van der Waals surface area contributed by atoms with Crippen molar-refractivity contribution >= 4 is 27.5 Å². The highest BCUT2D eigenvalue weighted by atomic mass is 79.9. The molecule has 2 aromatic rings. The first kappa shape index (κ1) is 25.4. The number of carbonyl (C=O) groups excluding carboxylic acids is 1. The van der Waals surface area contributed by atoms with E-state index in [-0.39, 0.29) is 17.0 Å². The van der Waals surface area contributed by atoms with Crippen LogP contribution in [-0.4, -0.2) is 12.5 Å². The fourth-order valence-corrected chi connectivity index (χ4v) is 3.80. The highest BCUT2D eigenvalue weighted by molar-refractivity contribution is 9.10. The van der Waals surface area contributed by atoms with E-state index in [1.54, 1.807) is 24.3 Å². The molecule has 0 heterocycles. The van der Waals surface area contributed by atoms with Crippen molar-refractivity contribution in [3.63, 3.8) is 0 Å². The van der Waals surface area contributed by atoms with Crippen LogP contribution in [0, 0.1) is 22.7 Å². The summed E-state index contributed by atoms with van der Waals surface area (Å²) in [6.45, 7) is 2.92. The van der Waals surface area contributed by atoms with Gasteiger partial charge >= 0.3 is 0 Å². The lowest BCUT2D eigenvalue weighted by Gasteiger charge is -2.10. The summed E-state index contributed by atoms with van der Waals surface area (Å²) >= 11 is 3.33. The normalized spacial score (nSPS) is 10.2. The molecular weight excluding hydrogens is 466 g/mol. The number of hydrogen-bond acceptors (Lipinski definition) is 4. The zero-order chi connectivity index (χ0) is 23.2. The average Bonchev–Trinajstić information content (AvgIpc) is 2.81. The van der Waals surface area contributed by atoms with Crippen LogP contribution in [0.5, 0.6) is 5.75 Å². The second-order valence-electron chi connectivity index (χ2n) is 7.76. The molecule has 2 rings (SSSR count). The Morgan fingerprint density at radius 2 is 1.47 bits per heavy atom. The number of nitrogens with zero attached hydrogens (tertiary/aromatic N) is 2. The number of anilines is 1. The SMILES string of the molecule is CCCCCCCCCCCOc1ccc(C(=O)Nc2cc(C#N)c(C#N)cc2Br)cc1. The molecule has 0 saturated carbocycles.